The van der Waals surface area contributed by atoms with Crippen molar-refractivity contribution in [1.29, 1.82) is 0 Å². The van der Waals surface area contributed by atoms with E-state index in [-0.39, 0.29) is 12.4 Å². The maximum atomic E-state index is 13.8. The van der Waals surface area contributed by atoms with Crippen LogP contribution in [0.4, 0.5) is 4.39 Å². The minimum Gasteiger partial charge on any atom is -0.493 e. The van der Waals surface area contributed by atoms with E-state index in [0.717, 1.165) is 23.1 Å². The lowest BCUT2D eigenvalue weighted by atomic mass is 10.1. The number of halogens is 2. The number of nitrogens with one attached hydrogen (secondary N) is 1. The molecule has 2 rings (SSSR count). The Morgan fingerprint density at radius 3 is 2.59 bits per heavy atom. The molecule has 0 amide bonds. The highest BCUT2D eigenvalue weighted by Crippen LogP contribution is 2.37. The van der Waals surface area contributed by atoms with E-state index in [1.54, 1.807) is 25.3 Å². The second-order valence-corrected chi connectivity index (χ2v) is 7.43. The topological polar surface area (TPSA) is 30.5 Å². The van der Waals surface area contributed by atoms with Crippen molar-refractivity contribution in [3.63, 3.8) is 0 Å². The van der Waals surface area contributed by atoms with Gasteiger partial charge in [0.05, 0.1) is 11.6 Å². The van der Waals surface area contributed by atoms with Crippen LogP contribution >= 0.6 is 15.9 Å². The lowest BCUT2D eigenvalue weighted by Gasteiger charge is -2.15. The summed E-state index contributed by atoms with van der Waals surface area (Å²) in [6, 6.07) is 10.6. The molecule has 0 radical (unpaired) electrons. The van der Waals surface area contributed by atoms with Crippen LogP contribution in [0.2, 0.25) is 0 Å². The first-order chi connectivity index (χ1) is 13.2. The summed E-state index contributed by atoms with van der Waals surface area (Å²) in [5, 5.41) is 3.48. The molecule has 2 aromatic rings. The molecule has 148 valence electrons. The Labute approximate surface area is 170 Å². The van der Waals surface area contributed by atoms with Crippen LogP contribution in [0, 0.1) is 5.82 Å². The number of methoxy groups -OCH3 is 1. The van der Waals surface area contributed by atoms with E-state index >= 15 is 0 Å². The van der Waals surface area contributed by atoms with Gasteiger partial charge in [0.2, 0.25) is 0 Å². The highest BCUT2D eigenvalue weighted by molar-refractivity contribution is 9.10. The lowest BCUT2D eigenvalue weighted by Crippen LogP contribution is -2.14. The minimum absolute atomic E-state index is 0.150. The van der Waals surface area contributed by atoms with Crippen molar-refractivity contribution in [2.75, 3.05) is 13.7 Å². The lowest BCUT2D eigenvalue weighted by molar-refractivity contribution is 0.277. The summed E-state index contributed by atoms with van der Waals surface area (Å²) in [5.41, 5.74) is 1.63. The van der Waals surface area contributed by atoms with Gasteiger partial charge in [-0.25, -0.2) is 4.39 Å². The van der Waals surface area contributed by atoms with E-state index in [2.05, 4.69) is 28.2 Å². The van der Waals surface area contributed by atoms with E-state index in [4.69, 9.17) is 9.47 Å². The quantitative estimate of drug-likeness (QED) is 0.398. The van der Waals surface area contributed by atoms with Gasteiger partial charge in [-0.2, -0.15) is 0 Å². The monoisotopic (exact) mass is 437 g/mol. The Morgan fingerprint density at radius 2 is 1.85 bits per heavy atom. The van der Waals surface area contributed by atoms with E-state index < -0.39 is 0 Å². The van der Waals surface area contributed by atoms with Crippen LogP contribution in [0.5, 0.6) is 11.5 Å². The fourth-order valence-electron chi connectivity index (χ4n) is 2.87. The molecule has 0 unspecified atom stereocenters. The molecule has 0 aliphatic rings. The minimum atomic E-state index is -0.271. The summed E-state index contributed by atoms with van der Waals surface area (Å²) < 4.78 is 25.9. The van der Waals surface area contributed by atoms with Crippen LogP contribution in [0.25, 0.3) is 0 Å². The summed E-state index contributed by atoms with van der Waals surface area (Å²) in [6.45, 7) is 4.16. The first-order valence-electron chi connectivity index (χ1n) is 9.59. The van der Waals surface area contributed by atoms with E-state index in [9.17, 15) is 4.39 Å². The highest BCUT2D eigenvalue weighted by Gasteiger charge is 2.13. The molecular weight excluding hydrogens is 409 g/mol. The van der Waals surface area contributed by atoms with Crippen molar-refractivity contribution < 1.29 is 13.9 Å². The van der Waals surface area contributed by atoms with Crippen molar-refractivity contribution in [2.24, 2.45) is 0 Å². The van der Waals surface area contributed by atoms with E-state index in [1.165, 1.54) is 38.2 Å². The van der Waals surface area contributed by atoms with Crippen LogP contribution in [-0.2, 0) is 13.2 Å². The zero-order chi connectivity index (χ0) is 19.5. The van der Waals surface area contributed by atoms with Gasteiger partial charge in [0.25, 0.3) is 0 Å². The zero-order valence-corrected chi connectivity index (χ0v) is 17.8. The molecule has 0 aliphatic carbocycles. The van der Waals surface area contributed by atoms with E-state index in [1.807, 2.05) is 12.1 Å². The van der Waals surface area contributed by atoms with Gasteiger partial charge in [0.1, 0.15) is 12.4 Å². The fraction of sp³-hybridized carbons (Fsp3) is 0.455. The molecule has 0 saturated carbocycles. The predicted octanol–water partition coefficient (Wildman–Crippen LogP) is 6.24. The maximum Gasteiger partial charge on any atom is 0.175 e. The molecular formula is C22H29BrFNO2. The summed E-state index contributed by atoms with van der Waals surface area (Å²) in [7, 11) is 1.61. The molecule has 0 fully saturated rings. The van der Waals surface area contributed by atoms with Crippen molar-refractivity contribution in [1.82, 2.24) is 5.32 Å². The SMILES string of the molecule is CCCCCCCNCc1cc(Br)c(OCc2ccccc2F)c(OC)c1. The van der Waals surface area contributed by atoms with E-state index in [0.29, 0.717) is 17.1 Å². The Balaban J connectivity index is 1.91. The standard InChI is InChI=1S/C22H29BrFNO2/c1-3-4-5-6-9-12-25-15-17-13-19(23)22(21(14-17)26-2)27-16-18-10-7-8-11-20(18)24/h7-8,10-11,13-14,25H,3-6,9,12,15-16H2,1-2H3. The van der Waals surface area contributed by atoms with Gasteiger partial charge in [-0.3, -0.25) is 0 Å². The zero-order valence-electron chi connectivity index (χ0n) is 16.2. The van der Waals surface area contributed by atoms with Gasteiger partial charge < -0.3 is 14.8 Å². The first kappa shape index (κ1) is 21.7. The molecule has 2 aromatic carbocycles. The number of benzene rings is 2. The van der Waals surface area contributed by atoms with Crippen LogP contribution in [0.1, 0.15) is 50.2 Å². The van der Waals surface area contributed by atoms with Crippen molar-refractivity contribution in [2.45, 2.75) is 52.2 Å². The fourth-order valence-corrected chi connectivity index (χ4v) is 3.47. The third kappa shape index (κ3) is 7.15. The summed E-state index contributed by atoms with van der Waals surface area (Å²) in [6.07, 6.45) is 6.37. The largest absolute Gasteiger partial charge is 0.493 e. The van der Waals surface area contributed by atoms with Gasteiger partial charge in [0, 0.05) is 12.1 Å². The number of unbranched alkanes of at least 4 members (excludes halogenated alkanes) is 4. The first-order valence-corrected chi connectivity index (χ1v) is 10.4. The van der Waals surface area contributed by atoms with Crippen molar-refractivity contribution >= 4 is 15.9 Å². The van der Waals surface area contributed by atoms with Crippen LogP contribution in [-0.4, -0.2) is 13.7 Å². The Kier molecular flexibility index (Phi) is 9.64. The normalized spacial score (nSPS) is 10.8. The Bertz CT molecular complexity index is 709. The molecule has 27 heavy (non-hydrogen) atoms. The maximum absolute atomic E-state index is 13.8. The molecule has 0 bridgehead atoms. The number of ether oxygens (including phenoxy) is 2. The molecule has 0 atom stereocenters. The van der Waals surface area contributed by atoms with Crippen LogP contribution in [0.15, 0.2) is 40.9 Å². The molecule has 5 heteroatoms. The van der Waals surface area contributed by atoms with Crippen LogP contribution in [0.3, 0.4) is 0 Å². The third-order valence-corrected chi connectivity index (χ3v) is 4.99. The molecule has 0 saturated heterocycles. The van der Waals surface area contributed by atoms with Gasteiger partial charge in [0.15, 0.2) is 11.5 Å². The molecule has 0 heterocycles. The van der Waals surface area contributed by atoms with Crippen molar-refractivity contribution in [3.05, 3.63) is 57.8 Å². The summed E-state index contributed by atoms with van der Waals surface area (Å²) >= 11 is 3.56. The predicted molar refractivity (Wildman–Crippen MR) is 112 cm³/mol. The van der Waals surface area contributed by atoms with Gasteiger partial charge in [-0.15, -0.1) is 0 Å². The molecule has 0 aliphatic heterocycles. The average molecular weight is 438 g/mol. The summed E-state index contributed by atoms with van der Waals surface area (Å²) in [4.78, 5) is 0. The van der Waals surface area contributed by atoms with Crippen LogP contribution < -0.4 is 14.8 Å². The average Bonchev–Trinajstić information content (AvgIpc) is 2.67. The molecule has 3 nitrogen and oxygen atoms in total. The van der Waals surface area contributed by atoms with Gasteiger partial charge in [-0.1, -0.05) is 50.8 Å². The molecule has 1 N–H and O–H groups in total. The second-order valence-electron chi connectivity index (χ2n) is 6.58. The Hall–Kier alpha value is -1.59. The van der Waals surface area contributed by atoms with Gasteiger partial charge in [-0.05, 0) is 52.7 Å². The number of rotatable bonds is 12. The second kappa shape index (κ2) is 12.0. The molecule has 0 spiro atoms. The van der Waals surface area contributed by atoms with Gasteiger partial charge >= 0.3 is 0 Å². The number of hydrogen-bond donors (Lipinski definition) is 1. The number of hydrogen-bond acceptors (Lipinski definition) is 3. The molecule has 0 aromatic heterocycles. The Morgan fingerprint density at radius 1 is 1.07 bits per heavy atom. The third-order valence-electron chi connectivity index (χ3n) is 4.41. The van der Waals surface area contributed by atoms with Crippen molar-refractivity contribution in [3.8, 4) is 11.5 Å². The smallest absolute Gasteiger partial charge is 0.175 e. The summed E-state index contributed by atoms with van der Waals surface area (Å²) in [5.74, 6) is 0.955. The highest BCUT2D eigenvalue weighted by atomic mass is 79.9.